The summed E-state index contributed by atoms with van der Waals surface area (Å²) in [6.45, 7) is 9.52. The first-order valence-electron chi connectivity index (χ1n) is 6.95. The molecule has 1 saturated carbocycles. The number of fused-ring (bicyclic) bond motifs is 2. The van der Waals surface area contributed by atoms with Crippen molar-refractivity contribution in [3.05, 3.63) is 24.3 Å². The average molecular weight is 280 g/mol. The third-order valence-electron chi connectivity index (χ3n) is 4.79. The van der Waals surface area contributed by atoms with Crippen LogP contribution in [-0.2, 0) is 14.3 Å². The summed E-state index contributed by atoms with van der Waals surface area (Å²) in [7, 11) is 0. The number of hydrogen-bond donors (Lipinski definition) is 2. The second-order valence-electron chi connectivity index (χ2n) is 6.25. The van der Waals surface area contributed by atoms with E-state index in [9.17, 15) is 15.0 Å². The molecule has 0 aromatic rings. The van der Waals surface area contributed by atoms with Crippen molar-refractivity contribution in [1.29, 1.82) is 0 Å². The molecule has 0 amide bonds. The van der Waals surface area contributed by atoms with E-state index >= 15 is 0 Å². The molecule has 20 heavy (non-hydrogen) atoms. The standard InChI is InChI=1S/C15H20O5/c1-7-6-10-11(8(2)14(18)19-10)12(17)13-15(3,20-13)5-4-9(7)16/h9-13,16-17H,1-2,4-6H2,3H3/t9-,10+,11-,12+,13-,15+/m0/s1. The maximum Gasteiger partial charge on any atom is 0.334 e. The lowest BCUT2D eigenvalue weighted by atomic mass is 9.80. The predicted octanol–water partition coefficient (Wildman–Crippen LogP) is 0.704. The van der Waals surface area contributed by atoms with Crippen molar-refractivity contribution >= 4 is 5.97 Å². The second kappa shape index (κ2) is 4.41. The van der Waals surface area contributed by atoms with Crippen LogP contribution in [0, 0.1) is 5.92 Å². The maximum absolute atomic E-state index is 11.7. The van der Waals surface area contributed by atoms with Crippen molar-refractivity contribution in [2.45, 2.75) is 56.2 Å². The van der Waals surface area contributed by atoms with E-state index in [-0.39, 0.29) is 11.7 Å². The summed E-state index contributed by atoms with van der Waals surface area (Å²) in [6, 6.07) is 0. The smallest absolute Gasteiger partial charge is 0.334 e. The third kappa shape index (κ3) is 2.01. The minimum atomic E-state index is -0.813. The molecule has 3 fully saturated rings. The van der Waals surface area contributed by atoms with Gasteiger partial charge in [0.25, 0.3) is 0 Å². The summed E-state index contributed by atoms with van der Waals surface area (Å²) < 4.78 is 10.9. The van der Waals surface area contributed by atoms with Crippen molar-refractivity contribution in [3.63, 3.8) is 0 Å². The quantitative estimate of drug-likeness (QED) is 0.295. The van der Waals surface area contributed by atoms with Crippen LogP contribution in [0.15, 0.2) is 24.3 Å². The van der Waals surface area contributed by atoms with Gasteiger partial charge in [0.2, 0.25) is 0 Å². The van der Waals surface area contributed by atoms with Crippen LogP contribution in [0.5, 0.6) is 0 Å². The Balaban J connectivity index is 1.91. The molecule has 0 spiro atoms. The van der Waals surface area contributed by atoms with Crippen LogP contribution >= 0.6 is 0 Å². The molecule has 110 valence electrons. The van der Waals surface area contributed by atoms with E-state index in [1.165, 1.54) is 0 Å². The molecule has 0 unspecified atom stereocenters. The number of ether oxygens (including phenoxy) is 2. The molecule has 6 atom stereocenters. The lowest BCUT2D eigenvalue weighted by Crippen LogP contribution is -2.37. The highest BCUT2D eigenvalue weighted by molar-refractivity contribution is 5.91. The summed E-state index contributed by atoms with van der Waals surface area (Å²) in [6.07, 6.45) is -0.777. The van der Waals surface area contributed by atoms with Gasteiger partial charge in [-0.15, -0.1) is 0 Å². The van der Waals surface area contributed by atoms with Crippen LogP contribution in [0.1, 0.15) is 26.2 Å². The molecule has 2 heterocycles. The van der Waals surface area contributed by atoms with Gasteiger partial charge in [-0.1, -0.05) is 13.2 Å². The largest absolute Gasteiger partial charge is 0.458 e. The van der Waals surface area contributed by atoms with Crippen LogP contribution in [0.2, 0.25) is 0 Å². The summed E-state index contributed by atoms with van der Waals surface area (Å²) in [4.78, 5) is 11.7. The van der Waals surface area contributed by atoms with Crippen LogP contribution in [0.3, 0.4) is 0 Å². The van der Waals surface area contributed by atoms with Crippen LogP contribution < -0.4 is 0 Å². The van der Waals surface area contributed by atoms with Gasteiger partial charge in [0.05, 0.1) is 23.7 Å². The summed E-state index contributed by atoms with van der Waals surface area (Å²) in [5, 5.41) is 20.6. The zero-order valence-corrected chi connectivity index (χ0v) is 11.5. The van der Waals surface area contributed by atoms with E-state index in [1.54, 1.807) is 0 Å². The second-order valence-corrected chi connectivity index (χ2v) is 6.25. The maximum atomic E-state index is 11.7. The van der Waals surface area contributed by atoms with Gasteiger partial charge in [0.15, 0.2) is 0 Å². The molecule has 0 aromatic carbocycles. The minimum absolute atomic E-state index is 0.281. The van der Waals surface area contributed by atoms with E-state index in [4.69, 9.17) is 9.47 Å². The number of epoxide rings is 1. The molecule has 1 aliphatic carbocycles. The Labute approximate surface area is 117 Å². The van der Waals surface area contributed by atoms with Crippen LogP contribution in [-0.4, -0.2) is 46.2 Å². The lowest BCUT2D eigenvalue weighted by molar-refractivity contribution is -0.139. The number of carbonyl (C=O) groups is 1. The number of rotatable bonds is 0. The minimum Gasteiger partial charge on any atom is -0.458 e. The summed E-state index contributed by atoms with van der Waals surface area (Å²) in [5.41, 5.74) is 0.453. The number of esters is 1. The fraction of sp³-hybridized carbons (Fsp3) is 0.667. The van der Waals surface area contributed by atoms with Crippen molar-refractivity contribution in [2.24, 2.45) is 5.92 Å². The van der Waals surface area contributed by atoms with E-state index in [0.29, 0.717) is 24.8 Å². The fourth-order valence-corrected chi connectivity index (χ4v) is 3.34. The molecule has 0 bridgehead atoms. The molecule has 5 heteroatoms. The third-order valence-corrected chi connectivity index (χ3v) is 4.79. The van der Waals surface area contributed by atoms with Gasteiger partial charge in [0, 0.05) is 12.0 Å². The molecule has 0 aromatic heterocycles. The lowest BCUT2D eigenvalue weighted by Gasteiger charge is -2.26. The zero-order valence-electron chi connectivity index (χ0n) is 11.5. The van der Waals surface area contributed by atoms with Gasteiger partial charge >= 0.3 is 5.97 Å². The first-order chi connectivity index (χ1) is 9.33. The van der Waals surface area contributed by atoms with Crippen molar-refractivity contribution in [1.82, 2.24) is 0 Å². The molecule has 2 saturated heterocycles. The summed E-state index contributed by atoms with van der Waals surface area (Å²) >= 11 is 0. The topological polar surface area (TPSA) is 79.3 Å². The highest BCUT2D eigenvalue weighted by Crippen LogP contribution is 2.48. The van der Waals surface area contributed by atoms with E-state index < -0.39 is 35.8 Å². The van der Waals surface area contributed by atoms with E-state index in [0.717, 1.165) is 0 Å². The highest BCUT2D eigenvalue weighted by Gasteiger charge is 2.60. The van der Waals surface area contributed by atoms with Crippen molar-refractivity contribution < 1.29 is 24.5 Å². The van der Waals surface area contributed by atoms with Crippen LogP contribution in [0.4, 0.5) is 0 Å². The van der Waals surface area contributed by atoms with Gasteiger partial charge < -0.3 is 19.7 Å². The van der Waals surface area contributed by atoms with Gasteiger partial charge in [0.1, 0.15) is 12.2 Å². The Morgan fingerprint density at radius 1 is 1.35 bits per heavy atom. The Kier molecular flexibility index (Phi) is 3.04. The van der Waals surface area contributed by atoms with Gasteiger partial charge in [-0.2, -0.15) is 0 Å². The highest BCUT2D eigenvalue weighted by atomic mass is 16.6. The molecular formula is C15H20O5. The average Bonchev–Trinajstić information content (AvgIpc) is 2.99. The Bertz CT molecular complexity index is 485. The molecule has 2 aliphatic heterocycles. The normalized spacial score (nSPS) is 48.4. The molecule has 5 nitrogen and oxygen atoms in total. The molecular weight excluding hydrogens is 260 g/mol. The predicted molar refractivity (Wildman–Crippen MR) is 70.8 cm³/mol. The van der Waals surface area contributed by atoms with E-state index in [2.05, 4.69) is 13.2 Å². The SMILES string of the molecule is C=C1C(=O)O[C@@H]2CC(=C)[C@@H](O)CC[C@@]3(C)O[C@H]3[C@H](O)[C@@H]12. The number of aliphatic hydroxyl groups is 2. The van der Waals surface area contributed by atoms with Crippen molar-refractivity contribution in [2.75, 3.05) is 0 Å². The molecule has 3 aliphatic rings. The van der Waals surface area contributed by atoms with Crippen molar-refractivity contribution in [3.8, 4) is 0 Å². The Morgan fingerprint density at radius 3 is 2.75 bits per heavy atom. The van der Waals surface area contributed by atoms with Gasteiger partial charge in [-0.25, -0.2) is 4.79 Å². The first kappa shape index (κ1) is 13.8. The number of aliphatic hydroxyl groups excluding tert-OH is 2. The molecule has 2 N–H and O–H groups in total. The molecule has 0 radical (unpaired) electrons. The Hall–Kier alpha value is -1.17. The summed E-state index contributed by atoms with van der Waals surface area (Å²) in [5.74, 6) is -0.973. The van der Waals surface area contributed by atoms with Gasteiger partial charge in [-0.05, 0) is 25.3 Å². The number of hydrogen-bond acceptors (Lipinski definition) is 5. The number of carbonyl (C=O) groups excluding carboxylic acids is 1. The van der Waals surface area contributed by atoms with Crippen LogP contribution in [0.25, 0.3) is 0 Å². The first-order valence-corrected chi connectivity index (χ1v) is 6.95. The van der Waals surface area contributed by atoms with E-state index in [1.807, 2.05) is 6.92 Å². The zero-order chi connectivity index (χ0) is 14.7. The Morgan fingerprint density at radius 2 is 2.05 bits per heavy atom. The monoisotopic (exact) mass is 280 g/mol. The van der Waals surface area contributed by atoms with Gasteiger partial charge in [-0.3, -0.25) is 0 Å². The fourth-order valence-electron chi connectivity index (χ4n) is 3.34. The molecule has 3 rings (SSSR count).